The molecule has 4 atom stereocenters. The molecule has 0 spiro atoms. The lowest BCUT2D eigenvalue weighted by molar-refractivity contribution is -0.142. The molecule has 9 N–H and O–H groups in total. The molecule has 2 aromatic carbocycles. The third kappa shape index (κ3) is 11.7. The van der Waals surface area contributed by atoms with E-state index in [2.05, 4.69) is 16.0 Å². The van der Waals surface area contributed by atoms with Gasteiger partial charge in [0.1, 0.15) is 29.6 Å². The number of nitrogens with two attached hydrogens (primary N) is 1. The quantitative estimate of drug-likeness (QED) is 0.123. The predicted octanol–water partition coefficient (Wildman–Crippen LogP) is 0.367. The van der Waals surface area contributed by atoms with Crippen LogP contribution in [0.2, 0.25) is 0 Å². The topological polar surface area (TPSA) is 228 Å². The molecule has 13 nitrogen and oxygen atoms in total. The maximum Gasteiger partial charge on any atom is 0.326 e. The van der Waals surface area contributed by atoms with E-state index in [0.717, 1.165) is 0 Å². The fourth-order valence-corrected chi connectivity index (χ4v) is 4.38. The molecule has 0 aliphatic heterocycles. The number of amides is 3. The lowest BCUT2D eigenvalue weighted by Gasteiger charge is -2.25. The Morgan fingerprint density at radius 1 is 0.714 bits per heavy atom. The summed E-state index contributed by atoms with van der Waals surface area (Å²) in [5.41, 5.74) is 7.20. The van der Waals surface area contributed by atoms with Crippen LogP contribution in [0.1, 0.15) is 30.4 Å². The number of aliphatic carboxylic acids is 2. The minimum Gasteiger partial charge on any atom is -0.508 e. The number of carbonyl (C=O) groups is 5. The molecule has 0 aliphatic rings. The first-order valence-corrected chi connectivity index (χ1v) is 14.4. The summed E-state index contributed by atoms with van der Waals surface area (Å²) in [6.07, 6.45) is 1.17. The van der Waals surface area contributed by atoms with Crippen molar-refractivity contribution in [1.82, 2.24) is 16.0 Å². The normalized spacial score (nSPS) is 13.7. The number of phenols is 2. The average molecular weight is 605 g/mol. The monoisotopic (exact) mass is 604 g/mol. The van der Waals surface area contributed by atoms with Crippen LogP contribution in [0.25, 0.3) is 0 Å². The maximum atomic E-state index is 13.2. The number of rotatable bonds is 17. The number of thioether (sulfide) groups is 1. The molecule has 4 unspecified atom stereocenters. The van der Waals surface area contributed by atoms with Gasteiger partial charge in [0.15, 0.2) is 0 Å². The molecule has 0 fully saturated rings. The van der Waals surface area contributed by atoms with Gasteiger partial charge < -0.3 is 42.1 Å². The lowest BCUT2D eigenvalue weighted by Crippen LogP contribution is -2.57. The molecule has 0 saturated heterocycles. The number of carbonyl (C=O) groups excluding carboxylic acids is 3. The van der Waals surface area contributed by atoms with E-state index in [-0.39, 0.29) is 37.2 Å². The molecule has 3 amide bonds. The molecule has 2 aromatic rings. The first-order valence-electron chi connectivity index (χ1n) is 13.1. The van der Waals surface area contributed by atoms with Crippen LogP contribution >= 0.6 is 11.8 Å². The van der Waals surface area contributed by atoms with Crippen LogP contribution in [-0.4, -0.2) is 86.3 Å². The number of hydrogen-bond acceptors (Lipinski definition) is 9. The summed E-state index contributed by atoms with van der Waals surface area (Å²) >= 11 is 1.39. The van der Waals surface area contributed by atoms with E-state index in [1.54, 1.807) is 18.4 Å². The summed E-state index contributed by atoms with van der Waals surface area (Å²) in [4.78, 5) is 62.2. The van der Waals surface area contributed by atoms with Gasteiger partial charge in [0.25, 0.3) is 0 Å². The van der Waals surface area contributed by atoms with Crippen molar-refractivity contribution in [3.05, 3.63) is 59.7 Å². The zero-order chi connectivity index (χ0) is 31.2. The van der Waals surface area contributed by atoms with Crippen LogP contribution in [0.4, 0.5) is 0 Å². The third-order valence-corrected chi connectivity index (χ3v) is 6.89. The molecular formula is C28H36N4O9S. The number of benzene rings is 2. The summed E-state index contributed by atoms with van der Waals surface area (Å²) < 4.78 is 0. The van der Waals surface area contributed by atoms with Crippen LogP contribution in [0.3, 0.4) is 0 Å². The zero-order valence-corrected chi connectivity index (χ0v) is 23.8. The second kappa shape index (κ2) is 16.8. The Labute approximate surface area is 246 Å². The van der Waals surface area contributed by atoms with Crippen molar-refractivity contribution in [3.8, 4) is 11.5 Å². The van der Waals surface area contributed by atoms with Crippen molar-refractivity contribution < 1.29 is 44.4 Å². The van der Waals surface area contributed by atoms with Gasteiger partial charge >= 0.3 is 11.9 Å². The van der Waals surface area contributed by atoms with E-state index in [1.807, 2.05) is 0 Å². The summed E-state index contributed by atoms with van der Waals surface area (Å²) in [5.74, 6) is -4.36. The fraction of sp³-hybridized carbons (Fsp3) is 0.393. The van der Waals surface area contributed by atoms with Crippen LogP contribution in [0, 0.1) is 0 Å². The Balaban J connectivity index is 2.14. The number of carboxylic acids is 2. The molecule has 0 saturated carbocycles. The zero-order valence-electron chi connectivity index (χ0n) is 23.0. The molecular weight excluding hydrogens is 568 g/mol. The van der Waals surface area contributed by atoms with Gasteiger partial charge in [-0.2, -0.15) is 11.8 Å². The second-order valence-electron chi connectivity index (χ2n) is 9.58. The van der Waals surface area contributed by atoms with E-state index in [9.17, 15) is 39.3 Å². The molecule has 0 radical (unpaired) electrons. The van der Waals surface area contributed by atoms with Crippen LogP contribution in [0.5, 0.6) is 11.5 Å². The van der Waals surface area contributed by atoms with Gasteiger partial charge in [-0.1, -0.05) is 24.3 Å². The molecule has 0 heterocycles. The van der Waals surface area contributed by atoms with Crippen molar-refractivity contribution in [1.29, 1.82) is 0 Å². The SMILES string of the molecule is CSCCC(NC(=O)C(CCC(=O)O)NC(=O)C(N)Cc1ccc(O)cc1)C(=O)NC(Cc1ccc(O)cc1)C(=O)O. The van der Waals surface area contributed by atoms with E-state index < -0.39 is 60.2 Å². The molecule has 0 aromatic heterocycles. The number of carboxylic acid groups (broad SMARTS) is 2. The summed E-state index contributed by atoms with van der Waals surface area (Å²) in [7, 11) is 0. The molecule has 42 heavy (non-hydrogen) atoms. The summed E-state index contributed by atoms with van der Waals surface area (Å²) in [6, 6.07) is 6.90. The van der Waals surface area contributed by atoms with Gasteiger partial charge in [0.2, 0.25) is 17.7 Å². The highest BCUT2D eigenvalue weighted by atomic mass is 32.2. The summed E-state index contributed by atoms with van der Waals surface area (Å²) in [6.45, 7) is 0. The molecule has 14 heteroatoms. The Hall–Kier alpha value is -4.30. The number of hydrogen-bond donors (Lipinski definition) is 8. The van der Waals surface area contributed by atoms with Crippen molar-refractivity contribution >= 4 is 41.4 Å². The van der Waals surface area contributed by atoms with Gasteiger partial charge in [-0.15, -0.1) is 0 Å². The van der Waals surface area contributed by atoms with E-state index in [4.69, 9.17) is 10.8 Å². The Morgan fingerprint density at radius 3 is 1.64 bits per heavy atom. The Bertz CT molecular complexity index is 1220. The Kier molecular flexibility index (Phi) is 13.6. The number of aromatic hydroxyl groups is 2. The molecule has 2 rings (SSSR count). The minimum atomic E-state index is -1.34. The van der Waals surface area contributed by atoms with Gasteiger partial charge in [-0.3, -0.25) is 19.2 Å². The molecule has 0 aliphatic carbocycles. The van der Waals surface area contributed by atoms with Gasteiger partial charge in [-0.05, 0) is 66.7 Å². The second-order valence-corrected chi connectivity index (χ2v) is 10.6. The van der Waals surface area contributed by atoms with Gasteiger partial charge in [-0.25, -0.2) is 4.79 Å². The first kappa shape index (κ1) is 33.9. The standard InChI is InChI=1S/C28H36N4O9S/c1-42-13-12-22(27(39)32-23(28(40)41)15-17-4-8-19(34)9-5-17)31-26(38)21(10-11-24(35)36)30-25(37)20(29)14-16-2-6-18(33)7-3-16/h2-9,20-23,33-34H,10-15,29H2,1H3,(H,30,37)(H,31,38)(H,32,39)(H,35,36)(H,40,41). The van der Waals surface area contributed by atoms with Crippen molar-refractivity contribution in [3.63, 3.8) is 0 Å². The maximum absolute atomic E-state index is 13.2. The number of phenolic OH excluding ortho intramolecular Hbond substituents is 2. The number of nitrogens with one attached hydrogen (secondary N) is 3. The highest BCUT2D eigenvalue weighted by molar-refractivity contribution is 7.98. The fourth-order valence-electron chi connectivity index (χ4n) is 3.91. The largest absolute Gasteiger partial charge is 0.508 e. The third-order valence-electron chi connectivity index (χ3n) is 6.24. The highest BCUT2D eigenvalue weighted by Crippen LogP contribution is 2.13. The predicted molar refractivity (Wildman–Crippen MR) is 155 cm³/mol. The smallest absolute Gasteiger partial charge is 0.326 e. The van der Waals surface area contributed by atoms with E-state index in [0.29, 0.717) is 16.9 Å². The first-order chi connectivity index (χ1) is 19.9. The van der Waals surface area contributed by atoms with Crippen LogP contribution in [0.15, 0.2) is 48.5 Å². The molecule has 228 valence electrons. The van der Waals surface area contributed by atoms with Crippen LogP contribution in [-0.2, 0) is 36.8 Å². The van der Waals surface area contributed by atoms with Crippen LogP contribution < -0.4 is 21.7 Å². The molecule has 0 bridgehead atoms. The van der Waals surface area contributed by atoms with Crippen molar-refractivity contribution in [2.24, 2.45) is 5.73 Å². The lowest BCUT2D eigenvalue weighted by atomic mass is 10.0. The van der Waals surface area contributed by atoms with E-state index >= 15 is 0 Å². The van der Waals surface area contributed by atoms with Gasteiger partial charge in [0, 0.05) is 12.8 Å². The summed E-state index contributed by atoms with van der Waals surface area (Å²) in [5, 5.41) is 45.1. The van der Waals surface area contributed by atoms with Crippen molar-refractivity contribution in [2.45, 2.75) is 56.3 Å². The van der Waals surface area contributed by atoms with Gasteiger partial charge in [0.05, 0.1) is 6.04 Å². The van der Waals surface area contributed by atoms with E-state index in [1.165, 1.54) is 48.2 Å². The average Bonchev–Trinajstić information content (AvgIpc) is 2.94. The van der Waals surface area contributed by atoms with Crippen molar-refractivity contribution in [2.75, 3.05) is 12.0 Å². The Morgan fingerprint density at radius 2 is 1.17 bits per heavy atom. The highest BCUT2D eigenvalue weighted by Gasteiger charge is 2.30. The minimum absolute atomic E-state index is 0.000329.